The van der Waals surface area contributed by atoms with E-state index in [0.29, 0.717) is 12.2 Å². The number of rotatable bonds is 6. The highest BCUT2D eigenvalue weighted by Crippen LogP contribution is 2.39. The first-order chi connectivity index (χ1) is 9.50. The van der Waals surface area contributed by atoms with Gasteiger partial charge in [-0.05, 0) is 45.5 Å². The van der Waals surface area contributed by atoms with E-state index in [-0.39, 0.29) is 17.0 Å². The molecule has 110 valence electrons. The SMILES string of the molecule is COc1cccc(NCC2(N(C)C)CCC2)c1[N+](=O)[O-]. The highest BCUT2D eigenvalue weighted by atomic mass is 16.6. The lowest BCUT2D eigenvalue weighted by molar-refractivity contribution is -0.384. The summed E-state index contributed by atoms with van der Waals surface area (Å²) in [6.07, 6.45) is 3.44. The second-order valence-electron chi connectivity index (χ2n) is 5.44. The van der Waals surface area contributed by atoms with Gasteiger partial charge in [-0.3, -0.25) is 10.1 Å². The zero-order chi connectivity index (χ0) is 14.8. The Morgan fingerprint density at radius 1 is 1.45 bits per heavy atom. The number of nitrogens with zero attached hydrogens (tertiary/aromatic N) is 2. The van der Waals surface area contributed by atoms with Crippen LogP contribution in [-0.4, -0.2) is 43.1 Å². The molecular weight excluding hydrogens is 258 g/mol. The van der Waals surface area contributed by atoms with Gasteiger partial charge in [-0.2, -0.15) is 0 Å². The van der Waals surface area contributed by atoms with Crippen molar-refractivity contribution in [1.82, 2.24) is 4.90 Å². The smallest absolute Gasteiger partial charge is 0.333 e. The van der Waals surface area contributed by atoms with E-state index in [1.165, 1.54) is 13.5 Å². The largest absolute Gasteiger partial charge is 0.490 e. The third kappa shape index (κ3) is 2.56. The molecule has 0 radical (unpaired) electrons. The molecule has 1 aromatic rings. The van der Waals surface area contributed by atoms with Crippen LogP contribution in [-0.2, 0) is 0 Å². The summed E-state index contributed by atoms with van der Waals surface area (Å²) in [7, 11) is 5.56. The summed E-state index contributed by atoms with van der Waals surface area (Å²) in [4.78, 5) is 13.0. The van der Waals surface area contributed by atoms with Gasteiger partial charge in [0.25, 0.3) is 0 Å². The Kier molecular flexibility index (Phi) is 4.13. The fraction of sp³-hybridized carbons (Fsp3) is 0.571. The normalized spacial score (nSPS) is 16.6. The second kappa shape index (κ2) is 5.66. The van der Waals surface area contributed by atoms with Gasteiger partial charge in [0.2, 0.25) is 0 Å². The topological polar surface area (TPSA) is 67.6 Å². The Labute approximate surface area is 118 Å². The fourth-order valence-corrected chi connectivity index (χ4v) is 2.64. The number of nitrogens with one attached hydrogen (secondary N) is 1. The molecule has 20 heavy (non-hydrogen) atoms. The molecule has 6 heteroatoms. The molecule has 0 spiro atoms. The minimum absolute atomic E-state index is 0.00299. The number of methoxy groups -OCH3 is 1. The molecule has 2 rings (SSSR count). The van der Waals surface area contributed by atoms with Gasteiger partial charge in [0.05, 0.1) is 12.0 Å². The van der Waals surface area contributed by atoms with E-state index in [9.17, 15) is 10.1 Å². The minimum atomic E-state index is -0.399. The number of likely N-dealkylation sites (N-methyl/N-ethyl adjacent to an activating group) is 1. The van der Waals surface area contributed by atoms with Crippen LogP contribution in [0.1, 0.15) is 19.3 Å². The molecule has 6 nitrogen and oxygen atoms in total. The predicted octanol–water partition coefficient (Wildman–Crippen LogP) is 2.50. The standard InChI is InChI=1S/C14H21N3O3/c1-16(2)14(8-5-9-14)10-15-11-6-4-7-12(20-3)13(11)17(18)19/h4,6-7,15H,5,8-10H2,1-3H3. The number of hydrogen-bond acceptors (Lipinski definition) is 5. The van der Waals surface area contributed by atoms with Crippen molar-refractivity contribution in [1.29, 1.82) is 0 Å². The quantitative estimate of drug-likeness (QED) is 0.640. The lowest BCUT2D eigenvalue weighted by Crippen LogP contribution is -2.54. The first-order valence-electron chi connectivity index (χ1n) is 6.73. The van der Waals surface area contributed by atoms with Crippen LogP contribution in [0.4, 0.5) is 11.4 Å². The van der Waals surface area contributed by atoms with Crippen molar-refractivity contribution in [3.05, 3.63) is 28.3 Å². The van der Waals surface area contributed by atoms with Crippen molar-refractivity contribution < 1.29 is 9.66 Å². The van der Waals surface area contributed by atoms with Crippen molar-refractivity contribution in [3.63, 3.8) is 0 Å². The predicted molar refractivity (Wildman–Crippen MR) is 78.4 cm³/mol. The maximum absolute atomic E-state index is 11.2. The van der Waals surface area contributed by atoms with Crippen molar-refractivity contribution in [2.75, 3.05) is 33.1 Å². The third-order valence-corrected chi connectivity index (χ3v) is 4.24. The van der Waals surface area contributed by atoms with Crippen molar-refractivity contribution in [2.24, 2.45) is 0 Å². The Morgan fingerprint density at radius 2 is 2.15 bits per heavy atom. The summed E-state index contributed by atoms with van der Waals surface area (Å²) in [6.45, 7) is 0.702. The molecule has 1 N–H and O–H groups in total. The zero-order valence-corrected chi connectivity index (χ0v) is 12.2. The molecule has 1 aliphatic carbocycles. The number of nitro benzene ring substituents is 1. The van der Waals surface area contributed by atoms with E-state index in [0.717, 1.165) is 12.8 Å². The maximum Gasteiger partial charge on any atom is 0.333 e. The molecule has 1 aromatic carbocycles. The summed E-state index contributed by atoms with van der Waals surface area (Å²) >= 11 is 0. The molecule has 1 saturated carbocycles. The fourth-order valence-electron chi connectivity index (χ4n) is 2.64. The first kappa shape index (κ1) is 14.6. The highest BCUT2D eigenvalue weighted by molar-refractivity contribution is 5.68. The zero-order valence-electron chi connectivity index (χ0n) is 12.2. The van der Waals surface area contributed by atoms with Crippen LogP contribution in [0.5, 0.6) is 5.75 Å². The van der Waals surface area contributed by atoms with E-state index in [1.807, 2.05) is 0 Å². The molecule has 0 saturated heterocycles. The Hall–Kier alpha value is -1.82. The van der Waals surface area contributed by atoms with E-state index in [1.54, 1.807) is 18.2 Å². The van der Waals surface area contributed by atoms with Crippen LogP contribution in [0.25, 0.3) is 0 Å². The van der Waals surface area contributed by atoms with Crippen LogP contribution in [0.3, 0.4) is 0 Å². The number of nitro groups is 1. The number of para-hydroxylation sites is 1. The van der Waals surface area contributed by atoms with Gasteiger partial charge in [0, 0.05) is 12.1 Å². The van der Waals surface area contributed by atoms with Crippen molar-refractivity contribution in [3.8, 4) is 5.75 Å². The van der Waals surface area contributed by atoms with E-state index < -0.39 is 4.92 Å². The summed E-state index contributed by atoms with van der Waals surface area (Å²) in [5.74, 6) is 0.285. The van der Waals surface area contributed by atoms with Crippen LogP contribution in [0.15, 0.2) is 18.2 Å². The van der Waals surface area contributed by atoms with Crippen molar-refractivity contribution >= 4 is 11.4 Å². The minimum Gasteiger partial charge on any atom is -0.490 e. The van der Waals surface area contributed by atoms with Crippen molar-refractivity contribution in [2.45, 2.75) is 24.8 Å². The molecule has 1 fully saturated rings. The molecular formula is C14H21N3O3. The molecule has 0 aliphatic heterocycles. The average molecular weight is 279 g/mol. The van der Waals surface area contributed by atoms with Crippen LogP contribution >= 0.6 is 0 Å². The van der Waals surface area contributed by atoms with Gasteiger partial charge in [0.1, 0.15) is 5.69 Å². The Bertz CT molecular complexity index is 498. The van der Waals surface area contributed by atoms with Gasteiger partial charge in [-0.1, -0.05) is 6.07 Å². The molecule has 0 amide bonds. The molecule has 0 atom stereocenters. The van der Waals surface area contributed by atoms with Gasteiger partial charge in [-0.15, -0.1) is 0 Å². The van der Waals surface area contributed by atoms with Gasteiger partial charge in [0.15, 0.2) is 5.75 Å². The maximum atomic E-state index is 11.2. The van der Waals surface area contributed by atoms with E-state index in [2.05, 4.69) is 24.3 Å². The average Bonchev–Trinajstić information content (AvgIpc) is 2.36. The number of hydrogen-bond donors (Lipinski definition) is 1. The molecule has 0 heterocycles. The summed E-state index contributed by atoms with van der Waals surface area (Å²) in [5.41, 5.74) is 0.627. The second-order valence-corrected chi connectivity index (χ2v) is 5.44. The van der Waals surface area contributed by atoms with Gasteiger partial charge in [-0.25, -0.2) is 0 Å². The number of ether oxygens (including phenoxy) is 1. The summed E-state index contributed by atoms with van der Waals surface area (Å²) in [6, 6.07) is 5.09. The molecule has 0 unspecified atom stereocenters. The van der Waals surface area contributed by atoms with Crippen LogP contribution < -0.4 is 10.1 Å². The van der Waals surface area contributed by atoms with Gasteiger partial charge >= 0.3 is 5.69 Å². The Balaban J connectivity index is 2.19. The van der Waals surface area contributed by atoms with Gasteiger partial charge < -0.3 is 15.0 Å². The van der Waals surface area contributed by atoms with E-state index in [4.69, 9.17) is 4.74 Å². The molecule has 0 bridgehead atoms. The van der Waals surface area contributed by atoms with E-state index >= 15 is 0 Å². The lowest BCUT2D eigenvalue weighted by atomic mass is 9.75. The van der Waals surface area contributed by atoms with Crippen LogP contribution in [0.2, 0.25) is 0 Å². The first-order valence-corrected chi connectivity index (χ1v) is 6.73. The number of benzene rings is 1. The molecule has 0 aromatic heterocycles. The Morgan fingerprint density at radius 3 is 2.60 bits per heavy atom. The monoisotopic (exact) mass is 279 g/mol. The lowest BCUT2D eigenvalue weighted by Gasteiger charge is -2.47. The third-order valence-electron chi connectivity index (χ3n) is 4.24. The number of anilines is 1. The highest BCUT2D eigenvalue weighted by Gasteiger charge is 2.39. The summed E-state index contributed by atoms with van der Waals surface area (Å²) in [5, 5.41) is 14.4. The molecule has 1 aliphatic rings. The summed E-state index contributed by atoms with van der Waals surface area (Å²) < 4.78 is 5.07. The van der Waals surface area contributed by atoms with Crippen LogP contribution in [0, 0.1) is 10.1 Å².